The Morgan fingerprint density at radius 1 is 1.30 bits per heavy atom. The molecule has 0 spiro atoms. The number of aldehydes is 1. The van der Waals surface area contributed by atoms with E-state index in [4.69, 9.17) is 6.42 Å². The Bertz CT molecular complexity index is 1050. The Morgan fingerprint density at radius 2 is 2.03 bits per heavy atom. The van der Waals surface area contributed by atoms with Crippen LogP contribution in [-0.4, -0.2) is 33.9 Å². The molecule has 3 rings (SSSR count). The summed E-state index contributed by atoms with van der Waals surface area (Å²) in [7, 11) is 0. The fourth-order valence-electron chi connectivity index (χ4n) is 4.17. The Hall–Kier alpha value is -3.47. The van der Waals surface area contributed by atoms with E-state index in [1.165, 1.54) is 29.1 Å². The summed E-state index contributed by atoms with van der Waals surface area (Å²) in [5, 5.41) is 9.50. The van der Waals surface area contributed by atoms with Gasteiger partial charge in [0.1, 0.15) is 30.4 Å². The highest BCUT2D eigenvalue weighted by molar-refractivity contribution is 6.00. The zero-order chi connectivity index (χ0) is 24.0. The van der Waals surface area contributed by atoms with Gasteiger partial charge in [-0.2, -0.15) is 5.10 Å². The number of halogens is 1. The Labute approximate surface area is 193 Å². The molecule has 0 radical (unpaired) electrons. The number of benzene rings is 1. The number of carbonyl (C=O) groups is 3. The lowest BCUT2D eigenvalue weighted by atomic mass is 9.79. The summed E-state index contributed by atoms with van der Waals surface area (Å²) in [5.41, 5.74) is 0.782. The van der Waals surface area contributed by atoms with Crippen molar-refractivity contribution in [1.82, 2.24) is 15.1 Å². The van der Waals surface area contributed by atoms with Gasteiger partial charge in [0, 0.05) is 12.1 Å². The van der Waals surface area contributed by atoms with Gasteiger partial charge in [-0.25, -0.2) is 9.07 Å². The molecule has 1 saturated carbocycles. The first-order valence-electron chi connectivity index (χ1n) is 11.2. The van der Waals surface area contributed by atoms with E-state index in [0.717, 1.165) is 32.0 Å². The van der Waals surface area contributed by atoms with E-state index < -0.39 is 29.6 Å². The first-order valence-corrected chi connectivity index (χ1v) is 11.2. The van der Waals surface area contributed by atoms with Crippen molar-refractivity contribution in [2.75, 3.05) is 5.32 Å². The highest BCUT2D eigenvalue weighted by Gasteiger charge is 2.33. The first kappa shape index (κ1) is 24.2. The summed E-state index contributed by atoms with van der Waals surface area (Å²) in [6.45, 7) is 3.96. The third-order valence-corrected chi connectivity index (χ3v) is 6.27. The average Bonchev–Trinajstić information content (AvgIpc) is 3.27. The van der Waals surface area contributed by atoms with Crippen LogP contribution in [0.2, 0.25) is 0 Å². The monoisotopic (exact) mass is 452 g/mol. The normalized spacial score (nSPS) is 19.7. The predicted molar refractivity (Wildman–Crippen MR) is 123 cm³/mol. The first-order chi connectivity index (χ1) is 15.8. The van der Waals surface area contributed by atoms with Crippen molar-refractivity contribution in [3.05, 3.63) is 47.5 Å². The molecule has 0 saturated heterocycles. The third kappa shape index (κ3) is 5.86. The number of rotatable bonds is 8. The van der Waals surface area contributed by atoms with Crippen molar-refractivity contribution in [2.24, 2.45) is 11.8 Å². The summed E-state index contributed by atoms with van der Waals surface area (Å²) in [6, 6.07) is 4.98. The fourth-order valence-corrected chi connectivity index (χ4v) is 4.17. The van der Waals surface area contributed by atoms with Crippen LogP contribution in [0.25, 0.3) is 0 Å². The summed E-state index contributed by atoms with van der Waals surface area (Å²) < 4.78 is 16.0. The molecular weight excluding hydrogens is 423 g/mol. The van der Waals surface area contributed by atoms with Crippen LogP contribution < -0.4 is 10.6 Å². The Balaban J connectivity index is 1.81. The van der Waals surface area contributed by atoms with E-state index in [9.17, 15) is 18.8 Å². The smallest absolute Gasteiger partial charge is 0.270 e. The number of terminal acetylenes is 1. The number of aromatic nitrogens is 2. The molecule has 1 aromatic carbocycles. The van der Waals surface area contributed by atoms with Gasteiger partial charge in [-0.1, -0.05) is 38.7 Å². The number of carbonyl (C=O) groups excluding carboxylic acids is 3. The number of hydrogen-bond acceptors (Lipinski definition) is 4. The van der Waals surface area contributed by atoms with E-state index in [0.29, 0.717) is 11.5 Å². The lowest BCUT2D eigenvalue weighted by molar-refractivity contribution is -0.119. The highest BCUT2D eigenvalue weighted by atomic mass is 19.1. The lowest BCUT2D eigenvalue weighted by Crippen LogP contribution is -2.49. The van der Waals surface area contributed by atoms with Crippen molar-refractivity contribution in [2.45, 2.75) is 58.0 Å². The number of amides is 2. The van der Waals surface area contributed by atoms with E-state index in [2.05, 4.69) is 28.6 Å². The van der Waals surface area contributed by atoms with Gasteiger partial charge in [0.25, 0.3) is 5.91 Å². The quantitative estimate of drug-likeness (QED) is 0.473. The van der Waals surface area contributed by atoms with E-state index >= 15 is 0 Å². The summed E-state index contributed by atoms with van der Waals surface area (Å²) in [6.07, 6.45) is 11.0. The van der Waals surface area contributed by atoms with Crippen LogP contribution in [0.5, 0.6) is 0 Å². The molecule has 33 heavy (non-hydrogen) atoms. The van der Waals surface area contributed by atoms with Gasteiger partial charge < -0.3 is 15.4 Å². The number of nitrogens with zero attached hydrogens (tertiary/aromatic N) is 2. The van der Waals surface area contributed by atoms with Gasteiger partial charge in [0.15, 0.2) is 0 Å². The molecule has 1 aromatic heterocycles. The molecule has 0 aliphatic heterocycles. The summed E-state index contributed by atoms with van der Waals surface area (Å²) >= 11 is 0. The number of nitrogens with one attached hydrogen (secondary N) is 2. The van der Waals surface area contributed by atoms with E-state index in [1.807, 2.05) is 0 Å². The van der Waals surface area contributed by atoms with Gasteiger partial charge in [-0.05, 0) is 48.4 Å². The van der Waals surface area contributed by atoms with E-state index in [1.54, 1.807) is 13.0 Å². The minimum Gasteiger partial charge on any atom is -0.339 e. The van der Waals surface area contributed by atoms with Crippen LogP contribution in [0.1, 0.15) is 61.5 Å². The zero-order valence-electron chi connectivity index (χ0n) is 18.9. The topological polar surface area (TPSA) is 93.1 Å². The van der Waals surface area contributed by atoms with Gasteiger partial charge >= 0.3 is 0 Å². The minimum absolute atomic E-state index is 0.00245. The number of anilines is 1. The number of hydrogen-bond donors (Lipinski definition) is 2. The van der Waals surface area contributed by atoms with Crippen LogP contribution in [0.4, 0.5) is 10.1 Å². The summed E-state index contributed by atoms with van der Waals surface area (Å²) in [4.78, 5) is 37.2. The van der Waals surface area contributed by atoms with Crippen molar-refractivity contribution in [1.29, 1.82) is 0 Å². The predicted octanol–water partition coefficient (Wildman–Crippen LogP) is 3.52. The van der Waals surface area contributed by atoms with Crippen LogP contribution in [0.3, 0.4) is 0 Å². The van der Waals surface area contributed by atoms with Crippen molar-refractivity contribution >= 4 is 23.8 Å². The van der Waals surface area contributed by atoms with Crippen LogP contribution in [0.15, 0.2) is 30.5 Å². The molecule has 2 aromatic rings. The molecule has 2 amide bonds. The van der Waals surface area contributed by atoms with Crippen molar-refractivity contribution in [3.8, 4) is 12.3 Å². The fraction of sp³-hybridized carbons (Fsp3) is 0.440. The van der Waals surface area contributed by atoms with Gasteiger partial charge in [0.2, 0.25) is 5.91 Å². The molecule has 7 nitrogen and oxygen atoms in total. The van der Waals surface area contributed by atoms with Gasteiger partial charge in [0.05, 0.1) is 5.69 Å². The van der Waals surface area contributed by atoms with E-state index in [-0.39, 0.29) is 23.8 Å². The average molecular weight is 453 g/mol. The second-order valence-corrected chi connectivity index (χ2v) is 8.70. The van der Waals surface area contributed by atoms with Crippen LogP contribution in [-0.2, 0) is 16.1 Å². The lowest BCUT2D eigenvalue weighted by Gasteiger charge is -2.32. The molecule has 1 aliphatic rings. The molecule has 174 valence electrons. The summed E-state index contributed by atoms with van der Waals surface area (Å²) in [5.74, 6) is 0.892. The standard InChI is InChI=1S/C25H29FN4O3/c1-4-13-30-22(11-12-27-30)24(32)29-23(18-7-5-16(2)6-8-18)25(33)28-21-10-9-19(14-20(21)26)17(3)15-31/h1,9-12,14-18,23H,5-8,13H2,2-3H3,(H,28,33)(H,29,32)/t16?,17?,18?,23-/m0/s1. The minimum atomic E-state index is -0.841. The molecule has 2 atom stereocenters. The van der Waals surface area contributed by atoms with Gasteiger partial charge in [-0.15, -0.1) is 6.42 Å². The molecule has 0 bridgehead atoms. The molecule has 1 heterocycles. The second kappa shape index (κ2) is 10.9. The van der Waals surface area contributed by atoms with Crippen molar-refractivity contribution < 1.29 is 18.8 Å². The van der Waals surface area contributed by atoms with Gasteiger partial charge in [-0.3, -0.25) is 9.59 Å². The molecule has 1 unspecified atom stereocenters. The molecule has 2 N–H and O–H groups in total. The van der Waals surface area contributed by atoms with Crippen LogP contribution in [0, 0.1) is 30.0 Å². The highest BCUT2D eigenvalue weighted by Crippen LogP contribution is 2.31. The largest absolute Gasteiger partial charge is 0.339 e. The maximum absolute atomic E-state index is 14.6. The maximum Gasteiger partial charge on any atom is 0.270 e. The Morgan fingerprint density at radius 3 is 2.67 bits per heavy atom. The molecule has 1 fully saturated rings. The SMILES string of the molecule is C#CCn1nccc1C(=O)N[C@H](C(=O)Nc1ccc(C(C)C=O)cc1F)C1CCC(C)CC1. The maximum atomic E-state index is 14.6. The van der Waals surface area contributed by atoms with Crippen molar-refractivity contribution in [3.63, 3.8) is 0 Å². The molecule has 8 heteroatoms. The Kier molecular flexibility index (Phi) is 7.99. The molecule has 1 aliphatic carbocycles. The zero-order valence-corrected chi connectivity index (χ0v) is 18.9. The second-order valence-electron chi connectivity index (χ2n) is 8.70. The third-order valence-electron chi connectivity index (χ3n) is 6.27. The van der Waals surface area contributed by atoms with Crippen LogP contribution >= 0.6 is 0 Å². The molecular formula is C25H29FN4O3.